The van der Waals surface area contributed by atoms with Gasteiger partial charge in [-0.25, -0.2) is 4.79 Å². The third-order valence-corrected chi connectivity index (χ3v) is 7.76. The predicted molar refractivity (Wildman–Crippen MR) is 130 cm³/mol. The number of ether oxygens (including phenoxy) is 2. The van der Waals surface area contributed by atoms with Gasteiger partial charge in [0.2, 0.25) is 0 Å². The number of hydrogen-bond acceptors (Lipinski definition) is 6. The smallest absolute Gasteiger partial charge is 0.494 e. The summed E-state index contributed by atoms with van der Waals surface area (Å²) >= 11 is 0. The quantitative estimate of drug-likeness (QED) is 0.168. The van der Waals surface area contributed by atoms with Crippen molar-refractivity contribution < 1.29 is 27.5 Å². The fourth-order valence-corrected chi connectivity index (χ4v) is 5.72. The number of alkyl carbamates (subject to hydrolysis) is 1. The minimum absolute atomic E-state index is 0.457. The van der Waals surface area contributed by atoms with Gasteiger partial charge in [-0.2, -0.15) is 0 Å². The molecule has 32 heavy (non-hydrogen) atoms. The van der Waals surface area contributed by atoms with Crippen molar-refractivity contribution in [2.75, 3.05) is 33.0 Å². The zero-order valence-corrected chi connectivity index (χ0v) is 21.2. The normalized spacial score (nSPS) is 11.6. The number of hydrogen-bond donors (Lipinski definition) is 1. The Morgan fingerprint density at radius 3 is 2.16 bits per heavy atom. The number of benzene rings is 1. The van der Waals surface area contributed by atoms with Gasteiger partial charge in [-0.15, -0.1) is 0 Å². The summed E-state index contributed by atoms with van der Waals surface area (Å²) in [7, 11) is -2.67. The second-order valence-electron chi connectivity index (χ2n) is 7.20. The van der Waals surface area contributed by atoms with Gasteiger partial charge in [-0.3, -0.25) is 0 Å². The fraction of sp³-hybridized carbons (Fsp3) is 0.625. The molecule has 0 atom stereocenters. The van der Waals surface area contributed by atoms with Crippen molar-refractivity contribution in [3.8, 4) is 5.75 Å². The Kier molecular flexibility index (Phi) is 15.5. The van der Waals surface area contributed by atoms with Gasteiger partial charge in [0, 0.05) is 32.4 Å². The second kappa shape index (κ2) is 17.7. The van der Waals surface area contributed by atoms with Crippen LogP contribution in [0.3, 0.4) is 0 Å². The van der Waals surface area contributed by atoms with E-state index in [-0.39, 0.29) is 0 Å². The number of nitrogens with one attached hydrogen (secondary N) is 1. The van der Waals surface area contributed by atoms with Crippen molar-refractivity contribution in [3.05, 3.63) is 36.1 Å². The van der Waals surface area contributed by atoms with Crippen LogP contribution in [0.1, 0.15) is 65.4 Å². The fourth-order valence-electron chi connectivity index (χ4n) is 3.11. The van der Waals surface area contributed by atoms with Crippen LogP contribution < -0.4 is 10.1 Å². The highest BCUT2D eigenvalue weighted by molar-refractivity contribution is 6.60. The van der Waals surface area contributed by atoms with Crippen molar-refractivity contribution in [2.24, 2.45) is 0 Å². The lowest BCUT2D eigenvalue weighted by atomic mass is 10.2. The minimum Gasteiger partial charge on any atom is -0.494 e. The monoisotopic (exact) mass is 467 g/mol. The van der Waals surface area contributed by atoms with Gasteiger partial charge in [0.15, 0.2) is 0 Å². The number of carbonyl (C=O) groups is 1. The highest BCUT2D eigenvalue weighted by Crippen LogP contribution is 2.18. The molecule has 1 aromatic carbocycles. The summed E-state index contributed by atoms with van der Waals surface area (Å²) in [5, 5.41) is 2.74. The molecule has 0 unspecified atom stereocenters. The van der Waals surface area contributed by atoms with E-state index < -0.39 is 14.9 Å². The predicted octanol–water partition coefficient (Wildman–Crippen LogP) is 5.78. The lowest BCUT2D eigenvalue weighted by molar-refractivity contribution is 0.0707. The molecule has 1 amide bonds. The van der Waals surface area contributed by atoms with E-state index in [0.29, 0.717) is 38.8 Å². The van der Waals surface area contributed by atoms with E-state index in [2.05, 4.69) is 12.2 Å². The molecule has 182 valence electrons. The Balaban J connectivity index is 2.30. The summed E-state index contributed by atoms with van der Waals surface area (Å²) in [6, 6.07) is 8.35. The maximum Gasteiger partial charge on any atom is 0.500 e. The molecule has 1 rings (SSSR count). The third-order valence-electron chi connectivity index (χ3n) is 4.60. The Morgan fingerprint density at radius 1 is 0.906 bits per heavy atom. The first kappa shape index (κ1) is 28.2. The molecule has 0 radical (unpaired) electrons. The van der Waals surface area contributed by atoms with Gasteiger partial charge in [-0.1, -0.05) is 38.3 Å². The van der Waals surface area contributed by atoms with Gasteiger partial charge < -0.3 is 28.1 Å². The molecular weight excluding hydrogens is 426 g/mol. The van der Waals surface area contributed by atoms with Gasteiger partial charge in [0.05, 0.1) is 12.9 Å². The molecule has 7 nitrogen and oxygen atoms in total. The van der Waals surface area contributed by atoms with Crippen LogP contribution >= 0.6 is 0 Å². The molecule has 8 heteroatoms. The van der Waals surface area contributed by atoms with Crippen molar-refractivity contribution in [2.45, 2.75) is 65.8 Å². The maximum atomic E-state index is 11.9. The molecule has 0 aliphatic carbocycles. The Labute approximate surface area is 194 Å². The third kappa shape index (κ3) is 12.2. The zero-order chi connectivity index (χ0) is 23.5. The number of carbonyl (C=O) groups excluding carboxylic acids is 1. The van der Waals surface area contributed by atoms with Crippen molar-refractivity contribution >= 4 is 21.0 Å². The lowest BCUT2D eigenvalue weighted by Crippen LogP contribution is -2.46. The number of rotatable bonds is 18. The Hall–Kier alpha value is -1.87. The molecule has 0 saturated heterocycles. The van der Waals surface area contributed by atoms with Gasteiger partial charge in [-0.05, 0) is 57.4 Å². The molecule has 0 aromatic heterocycles. The summed E-state index contributed by atoms with van der Waals surface area (Å²) in [6.45, 7) is 10.8. The largest absolute Gasteiger partial charge is 0.500 e. The Morgan fingerprint density at radius 2 is 1.56 bits per heavy atom. The maximum absolute atomic E-state index is 11.9. The zero-order valence-electron chi connectivity index (χ0n) is 20.2. The molecule has 0 bridgehead atoms. The number of amides is 1. The highest BCUT2D eigenvalue weighted by Gasteiger charge is 2.39. The van der Waals surface area contributed by atoms with Crippen molar-refractivity contribution in [1.82, 2.24) is 5.32 Å². The van der Waals surface area contributed by atoms with Crippen LogP contribution in [0.25, 0.3) is 6.08 Å². The SMILES string of the molecule is CCCCCCOc1ccc(C=COC(=O)NCCC[Si](OCC)(OCC)OCC)cc1. The van der Waals surface area contributed by atoms with E-state index in [0.717, 1.165) is 24.3 Å². The molecule has 1 aromatic rings. The molecule has 0 aliphatic rings. The standard InChI is InChI=1S/C24H41NO6Si/c1-5-9-10-11-19-27-23-15-13-22(14-16-23)17-20-28-24(26)25-18-12-21-32(29-6-2,30-7-3)31-8-4/h13-17,20H,5-12,18-19,21H2,1-4H3,(H,25,26). The molecule has 0 heterocycles. The van der Waals surface area contributed by atoms with E-state index in [9.17, 15) is 4.79 Å². The summed E-state index contributed by atoms with van der Waals surface area (Å²) in [5.74, 6) is 0.850. The van der Waals surface area contributed by atoms with Crippen LogP contribution in [-0.4, -0.2) is 47.9 Å². The van der Waals surface area contributed by atoms with Crippen LogP contribution in [0, 0.1) is 0 Å². The summed E-state index contributed by atoms with van der Waals surface area (Å²) in [4.78, 5) is 11.9. The Bertz CT molecular complexity index is 621. The van der Waals surface area contributed by atoms with Crippen LogP contribution in [0.5, 0.6) is 5.75 Å². The highest BCUT2D eigenvalue weighted by atomic mass is 28.4. The van der Waals surface area contributed by atoms with E-state index >= 15 is 0 Å². The van der Waals surface area contributed by atoms with Crippen LogP contribution in [-0.2, 0) is 18.0 Å². The van der Waals surface area contributed by atoms with Crippen LogP contribution in [0.15, 0.2) is 30.5 Å². The van der Waals surface area contributed by atoms with Crippen molar-refractivity contribution in [1.29, 1.82) is 0 Å². The molecule has 0 spiro atoms. The van der Waals surface area contributed by atoms with Crippen LogP contribution in [0.2, 0.25) is 6.04 Å². The molecule has 0 saturated carbocycles. The van der Waals surface area contributed by atoms with E-state index in [1.165, 1.54) is 25.5 Å². The average Bonchev–Trinajstić information content (AvgIpc) is 2.78. The summed E-state index contributed by atoms with van der Waals surface area (Å²) in [5.41, 5.74) is 0.928. The van der Waals surface area contributed by atoms with E-state index in [4.69, 9.17) is 22.8 Å². The summed E-state index contributed by atoms with van der Waals surface area (Å²) in [6.07, 6.45) is 8.05. The first-order chi connectivity index (χ1) is 15.6. The van der Waals surface area contributed by atoms with Crippen LogP contribution in [0.4, 0.5) is 4.79 Å². The second-order valence-corrected chi connectivity index (χ2v) is 9.93. The van der Waals surface area contributed by atoms with E-state index in [1.54, 1.807) is 6.08 Å². The minimum atomic E-state index is -2.67. The van der Waals surface area contributed by atoms with Gasteiger partial charge >= 0.3 is 14.9 Å². The van der Waals surface area contributed by atoms with E-state index in [1.807, 2.05) is 45.0 Å². The first-order valence-electron chi connectivity index (χ1n) is 11.8. The lowest BCUT2D eigenvalue weighted by Gasteiger charge is -2.28. The van der Waals surface area contributed by atoms with Gasteiger partial charge in [0.1, 0.15) is 5.75 Å². The van der Waals surface area contributed by atoms with Crippen molar-refractivity contribution in [3.63, 3.8) is 0 Å². The number of unbranched alkanes of at least 4 members (excludes halogenated alkanes) is 3. The topological polar surface area (TPSA) is 75.3 Å². The average molecular weight is 468 g/mol. The van der Waals surface area contributed by atoms with Gasteiger partial charge in [0.25, 0.3) is 0 Å². The summed E-state index contributed by atoms with van der Waals surface area (Å²) < 4.78 is 28.3. The molecular formula is C24H41NO6Si. The molecule has 1 N–H and O–H groups in total. The first-order valence-corrected chi connectivity index (χ1v) is 13.8. The molecule has 0 aliphatic heterocycles. The molecule has 0 fully saturated rings.